The van der Waals surface area contributed by atoms with Gasteiger partial charge in [-0.05, 0) is 23.8 Å². The van der Waals surface area contributed by atoms with Crippen molar-refractivity contribution in [3.63, 3.8) is 0 Å². The molecule has 3 aromatic rings. The summed E-state index contributed by atoms with van der Waals surface area (Å²) in [6.07, 6.45) is 4.06. The minimum absolute atomic E-state index is 0.147. The van der Waals surface area contributed by atoms with E-state index in [1.54, 1.807) is 29.0 Å². The first-order chi connectivity index (χ1) is 11.3. The van der Waals surface area contributed by atoms with Gasteiger partial charge in [0.1, 0.15) is 0 Å². The summed E-state index contributed by atoms with van der Waals surface area (Å²) >= 11 is 0. The third kappa shape index (κ3) is 3.52. The van der Waals surface area contributed by atoms with Crippen molar-refractivity contribution in [2.24, 2.45) is 0 Å². The molecule has 3 rings (SSSR count). The highest BCUT2D eigenvalue weighted by Crippen LogP contribution is 2.07. The van der Waals surface area contributed by atoms with Gasteiger partial charge in [0, 0.05) is 12.1 Å². The molecule has 0 saturated heterocycles. The molecule has 2 N–H and O–H groups in total. The van der Waals surface area contributed by atoms with E-state index < -0.39 is 0 Å². The Bertz CT molecular complexity index is 829. The van der Waals surface area contributed by atoms with Gasteiger partial charge in [0.25, 0.3) is 5.91 Å². The Kier molecular flexibility index (Phi) is 4.28. The number of aromatic nitrogens is 3. The average Bonchev–Trinajstić information content (AvgIpc) is 3.00. The first-order valence-electron chi connectivity index (χ1n) is 7.10. The number of carbonyl (C=O) groups is 2. The van der Waals surface area contributed by atoms with Crippen LogP contribution in [0.25, 0.3) is 5.65 Å². The summed E-state index contributed by atoms with van der Waals surface area (Å²) in [6.45, 7) is 0.721. The molecule has 2 heterocycles. The van der Waals surface area contributed by atoms with Gasteiger partial charge in [0.2, 0.25) is 6.41 Å². The lowest BCUT2D eigenvalue weighted by Gasteiger charge is -2.02. The van der Waals surface area contributed by atoms with E-state index in [9.17, 15) is 9.59 Å². The molecule has 0 aliphatic carbocycles. The van der Waals surface area contributed by atoms with Gasteiger partial charge in [0.05, 0.1) is 24.6 Å². The van der Waals surface area contributed by atoms with Crippen LogP contribution in [0.1, 0.15) is 21.6 Å². The van der Waals surface area contributed by atoms with E-state index in [-0.39, 0.29) is 5.91 Å². The van der Waals surface area contributed by atoms with Crippen molar-refractivity contribution in [1.29, 1.82) is 0 Å². The maximum absolute atomic E-state index is 12.0. The molecule has 1 aromatic carbocycles. The van der Waals surface area contributed by atoms with Crippen molar-refractivity contribution < 1.29 is 9.59 Å². The number of hydrogen-bond donors (Lipinski definition) is 2. The molecule has 0 aliphatic rings. The minimum Gasteiger partial charge on any atom is -0.355 e. The van der Waals surface area contributed by atoms with Crippen LogP contribution in [0.15, 0.2) is 48.8 Å². The highest BCUT2D eigenvalue weighted by molar-refractivity contribution is 5.94. The molecule has 0 bridgehead atoms. The standard InChI is InChI=1S/C16H15N5O2/c22-11-17-7-12-6-15-20-14(10-21(15)19-8-12)9-18-16(23)13-4-2-1-3-5-13/h1-6,8,10-11H,7,9H2,(H,17,22)(H,18,23). The molecule has 0 fully saturated rings. The molecule has 2 amide bonds. The fraction of sp³-hybridized carbons (Fsp3) is 0.125. The largest absolute Gasteiger partial charge is 0.355 e. The van der Waals surface area contributed by atoms with E-state index in [2.05, 4.69) is 20.7 Å². The molecule has 7 nitrogen and oxygen atoms in total. The van der Waals surface area contributed by atoms with Gasteiger partial charge >= 0.3 is 0 Å². The molecular weight excluding hydrogens is 294 g/mol. The van der Waals surface area contributed by atoms with E-state index >= 15 is 0 Å². The fourth-order valence-corrected chi connectivity index (χ4v) is 2.17. The number of nitrogens with one attached hydrogen (secondary N) is 2. The Labute approximate surface area is 132 Å². The van der Waals surface area contributed by atoms with Crippen LogP contribution >= 0.6 is 0 Å². The van der Waals surface area contributed by atoms with Gasteiger partial charge in [-0.3, -0.25) is 9.59 Å². The van der Waals surface area contributed by atoms with E-state index in [0.717, 1.165) is 5.56 Å². The van der Waals surface area contributed by atoms with Crippen LogP contribution in [0, 0.1) is 0 Å². The van der Waals surface area contributed by atoms with Crippen molar-refractivity contribution in [1.82, 2.24) is 25.2 Å². The van der Waals surface area contributed by atoms with Gasteiger partial charge in [0.15, 0.2) is 5.65 Å². The average molecular weight is 309 g/mol. The predicted molar refractivity (Wildman–Crippen MR) is 83.5 cm³/mol. The summed E-state index contributed by atoms with van der Waals surface area (Å²) in [6, 6.07) is 10.9. The first kappa shape index (κ1) is 14.7. The second kappa shape index (κ2) is 6.69. The Balaban J connectivity index is 1.68. The third-order valence-electron chi connectivity index (χ3n) is 3.28. The summed E-state index contributed by atoms with van der Waals surface area (Å²) in [5.74, 6) is -0.147. The summed E-state index contributed by atoms with van der Waals surface area (Å²) in [7, 11) is 0. The number of fused-ring (bicyclic) bond motifs is 1. The SMILES string of the molecule is O=CNCc1cnn2cc(CNC(=O)c3ccccc3)nc2c1. The maximum Gasteiger partial charge on any atom is 0.251 e. The summed E-state index contributed by atoms with van der Waals surface area (Å²) < 4.78 is 1.63. The zero-order valence-electron chi connectivity index (χ0n) is 12.3. The van der Waals surface area contributed by atoms with Crippen LogP contribution in [0.3, 0.4) is 0 Å². The molecule has 2 aromatic heterocycles. The molecular formula is C16H15N5O2. The lowest BCUT2D eigenvalue weighted by atomic mass is 10.2. The highest BCUT2D eigenvalue weighted by Gasteiger charge is 2.07. The van der Waals surface area contributed by atoms with Crippen LogP contribution in [-0.2, 0) is 17.9 Å². The van der Waals surface area contributed by atoms with Crippen LogP contribution in [0.2, 0.25) is 0 Å². The maximum atomic E-state index is 12.0. The normalized spacial score (nSPS) is 10.4. The van der Waals surface area contributed by atoms with E-state index in [1.807, 2.05) is 24.3 Å². The fourth-order valence-electron chi connectivity index (χ4n) is 2.17. The lowest BCUT2D eigenvalue weighted by molar-refractivity contribution is -0.109. The number of hydrogen-bond acceptors (Lipinski definition) is 4. The van der Waals surface area contributed by atoms with Crippen molar-refractivity contribution in [3.8, 4) is 0 Å². The number of benzene rings is 1. The van der Waals surface area contributed by atoms with Crippen LogP contribution in [0.5, 0.6) is 0 Å². The Morgan fingerprint density at radius 3 is 2.83 bits per heavy atom. The Hall–Kier alpha value is -3.22. The van der Waals surface area contributed by atoms with Crippen LogP contribution in [-0.4, -0.2) is 26.9 Å². The van der Waals surface area contributed by atoms with Crippen molar-refractivity contribution in [2.75, 3.05) is 0 Å². The number of nitrogens with zero attached hydrogens (tertiary/aromatic N) is 3. The monoisotopic (exact) mass is 309 g/mol. The zero-order valence-corrected chi connectivity index (χ0v) is 12.3. The number of rotatable bonds is 6. The van der Waals surface area contributed by atoms with Crippen molar-refractivity contribution >= 4 is 18.0 Å². The first-order valence-corrected chi connectivity index (χ1v) is 7.10. The molecule has 7 heteroatoms. The van der Waals surface area contributed by atoms with Crippen LogP contribution < -0.4 is 10.6 Å². The molecule has 0 aliphatic heterocycles. The summed E-state index contributed by atoms with van der Waals surface area (Å²) in [4.78, 5) is 26.7. The molecule has 0 unspecified atom stereocenters. The molecule has 0 saturated carbocycles. The smallest absolute Gasteiger partial charge is 0.251 e. The van der Waals surface area contributed by atoms with Crippen LogP contribution in [0.4, 0.5) is 0 Å². The third-order valence-corrected chi connectivity index (χ3v) is 3.28. The molecule has 0 atom stereocenters. The molecule has 0 spiro atoms. The predicted octanol–water partition coefficient (Wildman–Crippen LogP) is 0.905. The number of imidazole rings is 1. The van der Waals surface area contributed by atoms with Gasteiger partial charge in [-0.2, -0.15) is 5.10 Å². The van der Waals surface area contributed by atoms with E-state index in [4.69, 9.17) is 0 Å². The topological polar surface area (TPSA) is 88.4 Å². The van der Waals surface area contributed by atoms with Gasteiger partial charge < -0.3 is 10.6 Å². The summed E-state index contributed by atoms with van der Waals surface area (Å²) in [5, 5.41) is 9.63. The zero-order chi connectivity index (χ0) is 16.1. The highest BCUT2D eigenvalue weighted by atomic mass is 16.1. The quantitative estimate of drug-likeness (QED) is 0.662. The van der Waals surface area contributed by atoms with E-state index in [0.29, 0.717) is 36.4 Å². The van der Waals surface area contributed by atoms with Crippen molar-refractivity contribution in [2.45, 2.75) is 13.1 Å². The molecule has 0 radical (unpaired) electrons. The number of amides is 2. The van der Waals surface area contributed by atoms with Gasteiger partial charge in [-0.15, -0.1) is 0 Å². The van der Waals surface area contributed by atoms with E-state index in [1.165, 1.54) is 0 Å². The molecule has 23 heavy (non-hydrogen) atoms. The Morgan fingerprint density at radius 2 is 2.04 bits per heavy atom. The summed E-state index contributed by atoms with van der Waals surface area (Å²) in [5.41, 5.74) is 2.84. The van der Waals surface area contributed by atoms with Crippen molar-refractivity contribution in [3.05, 3.63) is 65.6 Å². The molecule has 116 valence electrons. The Morgan fingerprint density at radius 1 is 1.22 bits per heavy atom. The van der Waals surface area contributed by atoms with Gasteiger partial charge in [-0.25, -0.2) is 9.50 Å². The number of carbonyl (C=O) groups excluding carboxylic acids is 2. The lowest BCUT2D eigenvalue weighted by Crippen LogP contribution is -2.22. The minimum atomic E-state index is -0.147. The second-order valence-electron chi connectivity index (χ2n) is 4.95. The second-order valence-corrected chi connectivity index (χ2v) is 4.95. The van der Waals surface area contributed by atoms with Gasteiger partial charge in [-0.1, -0.05) is 18.2 Å².